The van der Waals surface area contributed by atoms with Gasteiger partial charge in [-0.2, -0.15) is 0 Å². The van der Waals surface area contributed by atoms with Crippen molar-refractivity contribution in [2.45, 2.75) is 58.5 Å². The van der Waals surface area contributed by atoms with Crippen molar-refractivity contribution in [3.05, 3.63) is 5.89 Å². The molecule has 0 aromatic carbocycles. The van der Waals surface area contributed by atoms with Crippen LogP contribution in [0.25, 0.3) is 0 Å². The van der Waals surface area contributed by atoms with Gasteiger partial charge in [-0.15, -0.1) is 5.10 Å². The lowest BCUT2D eigenvalue weighted by Gasteiger charge is -2.32. The fourth-order valence-corrected chi connectivity index (χ4v) is 2.74. The van der Waals surface area contributed by atoms with Gasteiger partial charge in [0.1, 0.15) is 0 Å². The molecule has 0 saturated heterocycles. The topological polar surface area (TPSA) is 54.2 Å². The summed E-state index contributed by atoms with van der Waals surface area (Å²) in [7, 11) is 2.07. The predicted molar refractivity (Wildman–Crippen MR) is 76.1 cm³/mol. The Hall–Kier alpha value is -1.10. The van der Waals surface area contributed by atoms with Crippen LogP contribution in [0.5, 0.6) is 0 Å². The molecule has 0 spiro atoms. The smallest absolute Gasteiger partial charge is 0.318 e. The van der Waals surface area contributed by atoms with Gasteiger partial charge in [-0.05, 0) is 31.7 Å². The van der Waals surface area contributed by atoms with Gasteiger partial charge in [0.15, 0.2) is 0 Å². The summed E-state index contributed by atoms with van der Waals surface area (Å²) < 4.78 is 5.72. The largest absolute Gasteiger partial charge is 0.407 e. The second kappa shape index (κ2) is 6.89. The van der Waals surface area contributed by atoms with Crippen molar-refractivity contribution in [3.63, 3.8) is 0 Å². The van der Waals surface area contributed by atoms with Crippen LogP contribution >= 0.6 is 0 Å². The molecule has 0 aliphatic heterocycles. The molecule has 1 aromatic rings. The molecule has 1 saturated carbocycles. The molecule has 0 bridgehead atoms. The maximum absolute atomic E-state index is 5.72. The third kappa shape index (κ3) is 3.93. The summed E-state index contributed by atoms with van der Waals surface area (Å²) in [4.78, 5) is 2.16. The first-order chi connectivity index (χ1) is 9.20. The Morgan fingerprint density at radius 2 is 2.21 bits per heavy atom. The summed E-state index contributed by atoms with van der Waals surface area (Å²) in [6.07, 6.45) is 6.21. The molecule has 1 N–H and O–H groups in total. The summed E-state index contributed by atoms with van der Waals surface area (Å²) >= 11 is 0. The quantitative estimate of drug-likeness (QED) is 0.802. The zero-order chi connectivity index (χ0) is 13.7. The van der Waals surface area contributed by atoms with Crippen molar-refractivity contribution in [1.29, 1.82) is 0 Å². The number of aromatic nitrogens is 2. The second-order valence-electron chi connectivity index (χ2n) is 5.69. The second-order valence-corrected chi connectivity index (χ2v) is 5.69. The van der Waals surface area contributed by atoms with Crippen LogP contribution < -0.4 is 10.2 Å². The van der Waals surface area contributed by atoms with E-state index >= 15 is 0 Å². The molecule has 5 heteroatoms. The maximum Gasteiger partial charge on any atom is 0.318 e. The SMILES string of the molecule is CCCNCc1nnc(N(C)C2CCCC(C)C2)o1. The van der Waals surface area contributed by atoms with Crippen LogP contribution in [0.1, 0.15) is 51.8 Å². The molecule has 1 aromatic heterocycles. The van der Waals surface area contributed by atoms with E-state index in [1.165, 1.54) is 25.7 Å². The zero-order valence-corrected chi connectivity index (χ0v) is 12.4. The Bertz CT molecular complexity index is 379. The Labute approximate surface area is 115 Å². The van der Waals surface area contributed by atoms with Gasteiger partial charge in [0.25, 0.3) is 0 Å². The molecule has 1 heterocycles. The fourth-order valence-electron chi connectivity index (χ4n) is 2.74. The van der Waals surface area contributed by atoms with Gasteiger partial charge in [-0.3, -0.25) is 0 Å². The van der Waals surface area contributed by atoms with Crippen molar-refractivity contribution >= 4 is 6.01 Å². The fraction of sp³-hybridized carbons (Fsp3) is 0.857. The Morgan fingerprint density at radius 3 is 2.95 bits per heavy atom. The number of anilines is 1. The highest BCUT2D eigenvalue weighted by Gasteiger charge is 2.25. The Morgan fingerprint density at radius 1 is 1.37 bits per heavy atom. The molecule has 2 rings (SSSR count). The summed E-state index contributed by atoms with van der Waals surface area (Å²) in [6, 6.07) is 1.20. The van der Waals surface area contributed by atoms with Gasteiger partial charge in [-0.25, -0.2) is 0 Å². The monoisotopic (exact) mass is 266 g/mol. The van der Waals surface area contributed by atoms with E-state index in [9.17, 15) is 0 Å². The first-order valence-electron chi connectivity index (χ1n) is 7.46. The molecule has 2 unspecified atom stereocenters. The molecule has 2 atom stereocenters. The van der Waals surface area contributed by atoms with Crippen LogP contribution in [0.2, 0.25) is 0 Å². The Balaban J connectivity index is 1.89. The number of nitrogens with zero attached hydrogens (tertiary/aromatic N) is 3. The highest BCUT2D eigenvalue weighted by Crippen LogP contribution is 2.28. The van der Waals surface area contributed by atoms with Crippen LogP contribution in [0.3, 0.4) is 0 Å². The first-order valence-corrected chi connectivity index (χ1v) is 7.46. The van der Waals surface area contributed by atoms with Gasteiger partial charge >= 0.3 is 6.01 Å². The molecule has 1 aliphatic rings. The third-order valence-electron chi connectivity index (χ3n) is 3.92. The number of hydrogen-bond acceptors (Lipinski definition) is 5. The normalized spacial score (nSPS) is 23.5. The van der Waals surface area contributed by atoms with Crippen molar-refractivity contribution in [2.75, 3.05) is 18.5 Å². The van der Waals surface area contributed by atoms with E-state index in [-0.39, 0.29) is 0 Å². The summed E-state index contributed by atoms with van der Waals surface area (Å²) in [6.45, 7) is 6.11. The van der Waals surface area contributed by atoms with Crippen LogP contribution in [0.4, 0.5) is 6.01 Å². The molecule has 19 heavy (non-hydrogen) atoms. The molecule has 108 valence electrons. The van der Waals surface area contributed by atoms with E-state index in [1.807, 2.05) is 0 Å². The maximum atomic E-state index is 5.72. The molecular weight excluding hydrogens is 240 g/mol. The van der Waals surface area contributed by atoms with E-state index in [0.717, 1.165) is 18.9 Å². The summed E-state index contributed by atoms with van der Waals surface area (Å²) in [5.74, 6) is 1.48. The van der Waals surface area contributed by atoms with Crippen LogP contribution in [-0.4, -0.2) is 29.8 Å². The molecule has 0 radical (unpaired) electrons. The highest BCUT2D eigenvalue weighted by atomic mass is 16.4. The lowest BCUT2D eigenvalue weighted by molar-refractivity contribution is 0.325. The Kier molecular flexibility index (Phi) is 5.19. The van der Waals surface area contributed by atoms with E-state index in [2.05, 4.69) is 41.3 Å². The third-order valence-corrected chi connectivity index (χ3v) is 3.92. The predicted octanol–water partition coefficient (Wildman–Crippen LogP) is 2.58. The van der Waals surface area contributed by atoms with E-state index in [0.29, 0.717) is 24.5 Å². The molecule has 0 amide bonds. The van der Waals surface area contributed by atoms with Gasteiger partial charge in [0.2, 0.25) is 5.89 Å². The standard InChI is InChI=1S/C14H26N4O/c1-4-8-15-10-13-16-17-14(19-13)18(3)12-7-5-6-11(2)9-12/h11-12,15H,4-10H2,1-3H3. The number of nitrogens with one attached hydrogen (secondary N) is 1. The van der Waals surface area contributed by atoms with Gasteiger partial charge in [0.05, 0.1) is 6.54 Å². The molecule has 1 aliphatic carbocycles. The average molecular weight is 266 g/mol. The van der Waals surface area contributed by atoms with E-state index in [4.69, 9.17) is 4.42 Å². The summed E-state index contributed by atoms with van der Waals surface area (Å²) in [5.41, 5.74) is 0. The number of hydrogen-bond donors (Lipinski definition) is 1. The lowest BCUT2D eigenvalue weighted by atomic mass is 9.86. The zero-order valence-electron chi connectivity index (χ0n) is 12.4. The van der Waals surface area contributed by atoms with Crippen molar-refractivity contribution in [2.24, 2.45) is 5.92 Å². The number of rotatable bonds is 6. The van der Waals surface area contributed by atoms with Crippen molar-refractivity contribution in [3.8, 4) is 0 Å². The summed E-state index contributed by atoms with van der Waals surface area (Å²) in [5, 5.41) is 11.5. The lowest BCUT2D eigenvalue weighted by Crippen LogP contribution is -2.35. The van der Waals surface area contributed by atoms with Crippen LogP contribution in [0, 0.1) is 5.92 Å². The molecular formula is C14H26N4O. The van der Waals surface area contributed by atoms with Crippen molar-refractivity contribution < 1.29 is 4.42 Å². The van der Waals surface area contributed by atoms with Crippen molar-refractivity contribution in [1.82, 2.24) is 15.5 Å². The van der Waals surface area contributed by atoms with Gasteiger partial charge < -0.3 is 14.6 Å². The van der Waals surface area contributed by atoms with Gasteiger partial charge in [0, 0.05) is 13.1 Å². The highest BCUT2D eigenvalue weighted by molar-refractivity contribution is 5.24. The minimum absolute atomic E-state index is 0.542. The first kappa shape index (κ1) is 14.3. The minimum Gasteiger partial charge on any atom is -0.407 e. The van der Waals surface area contributed by atoms with Crippen LogP contribution in [-0.2, 0) is 6.54 Å². The average Bonchev–Trinajstić information content (AvgIpc) is 2.87. The molecule has 5 nitrogen and oxygen atoms in total. The van der Waals surface area contributed by atoms with E-state index in [1.54, 1.807) is 0 Å². The van der Waals surface area contributed by atoms with Crippen LogP contribution in [0.15, 0.2) is 4.42 Å². The van der Waals surface area contributed by atoms with Gasteiger partial charge in [-0.1, -0.05) is 31.8 Å². The molecule has 1 fully saturated rings. The van der Waals surface area contributed by atoms with E-state index < -0.39 is 0 Å². The minimum atomic E-state index is 0.542.